The molecule has 3 atom stereocenters. The zero-order valence-electron chi connectivity index (χ0n) is 19.1. The molecule has 1 aromatic heterocycles. The lowest BCUT2D eigenvalue weighted by molar-refractivity contribution is -0.123. The van der Waals surface area contributed by atoms with Crippen LogP contribution in [0.3, 0.4) is 0 Å². The first-order chi connectivity index (χ1) is 15.8. The van der Waals surface area contributed by atoms with Gasteiger partial charge >= 0.3 is 5.97 Å². The number of aliphatic hydroxyl groups is 1. The molecule has 0 saturated carbocycles. The summed E-state index contributed by atoms with van der Waals surface area (Å²) in [6, 6.07) is 16.7. The van der Waals surface area contributed by atoms with Crippen LogP contribution in [0, 0.1) is 11.8 Å². The number of ether oxygens (including phenoxy) is 1. The van der Waals surface area contributed by atoms with Crippen molar-refractivity contribution >= 4 is 22.9 Å². The third kappa shape index (κ3) is 7.08. The van der Waals surface area contributed by atoms with Crippen LogP contribution in [0.25, 0.3) is 11.0 Å². The monoisotopic (exact) mass is 449 g/mol. The molecule has 3 N–H and O–H groups in total. The molecule has 1 heterocycles. The lowest BCUT2D eigenvalue weighted by atomic mass is 9.89. The average molecular weight is 450 g/mol. The van der Waals surface area contributed by atoms with E-state index in [0.717, 1.165) is 12.0 Å². The van der Waals surface area contributed by atoms with Crippen LogP contribution >= 0.6 is 0 Å². The summed E-state index contributed by atoms with van der Waals surface area (Å²) >= 11 is 0. The lowest BCUT2D eigenvalue weighted by Crippen LogP contribution is -2.37. The second kappa shape index (κ2) is 11.5. The third-order valence-corrected chi connectivity index (χ3v) is 5.65. The van der Waals surface area contributed by atoms with E-state index in [1.54, 1.807) is 12.1 Å². The van der Waals surface area contributed by atoms with Gasteiger partial charge in [0.1, 0.15) is 6.10 Å². The van der Waals surface area contributed by atoms with Crippen LogP contribution in [0.4, 0.5) is 0 Å². The summed E-state index contributed by atoms with van der Waals surface area (Å²) in [5.74, 6) is -1.22. The fourth-order valence-electron chi connectivity index (χ4n) is 3.71. The van der Waals surface area contributed by atoms with E-state index < -0.39 is 30.0 Å². The van der Waals surface area contributed by atoms with Crippen molar-refractivity contribution in [1.29, 1.82) is 0 Å². The van der Waals surface area contributed by atoms with Gasteiger partial charge in [-0.1, -0.05) is 62.7 Å². The summed E-state index contributed by atoms with van der Waals surface area (Å²) in [7, 11) is 0. The Hall–Kier alpha value is -3.32. The largest absolute Gasteiger partial charge is 0.454 e. The van der Waals surface area contributed by atoms with E-state index in [2.05, 4.69) is 23.8 Å². The van der Waals surface area contributed by atoms with E-state index in [0.29, 0.717) is 29.8 Å². The number of para-hydroxylation sites is 2. The van der Waals surface area contributed by atoms with Crippen LogP contribution in [0.15, 0.2) is 60.8 Å². The molecule has 2 aromatic carbocycles. The Labute approximate surface area is 194 Å². The smallest absolute Gasteiger partial charge is 0.358 e. The number of nitrogens with zero attached hydrogens (tertiary/aromatic N) is 2. The van der Waals surface area contributed by atoms with Gasteiger partial charge in [-0.05, 0) is 36.5 Å². The molecule has 0 aliphatic rings. The van der Waals surface area contributed by atoms with E-state index in [9.17, 15) is 14.7 Å². The summed E-state index contributed by atoms with van der Waals surface area (Å²) < 4.78 is 5.71. The number of benzene rings is 2. The number of hydrogen-bond donors (Lipinski definition) is 2. The van der Waals surface area contributed by atoms with E-state index in [1.165, 1.54) is 6.20 Å². The van der Waals surface area contributed by atoms with Gasteiger partial charge < -0.3 is 15.6 Å². The first-order valence-electron chi connectivity index (χ1n) is 11.3. The number of carbonyl (C=O) groups excluding carboxylic acids is 2. The molecule has 33 heavy (non-hydrogen) atoms. The number of rotatable bonds is 11. The molecule has 3 rings (SSSR count). The normalized spacial score (nSPS) is 14.1. The summed E-state index contributed by atoms with van der Waals surface area (Å²) in [5, 5.41) is 11.0. The predicted molar refractivity (Wildman–Crippen MR) is 126 cm³/mol. The van der Waals surface area contributed by atoms with E-state index in [1.807, 2.05) is 42.5 Å². The molecule has 7 heteroatoms. The molecule has 0 fully saturated rings. The quantitative estimate of drug-likeness (QED) is 0.432. The maximum atomic E-state index is 12.9. The van der Waals surface area contributed by atoms with Crippen LogP contribution in [0.1, 0.15) is 49.2 Å². The molecule has 174 valence electrons. The number of carbonyl (C=O) groups is 2. The van der Waals surface area contributed by atoms with Gasteiger partial charge in [-0.3, -0.25) is 9.78 Å². The minimum absolute atomic E-state index is 0.0604. The predicted octanol–water partition coefficient (Wildman–Crippen LogP) is 3.69. The maximum absolute atomic E-state index is 12.9. The van der Waals surface area contributed by atoms with Gasteiger partial charge in [0.2, 0.25) is 5.91 Å². The number of fused-ring (bicyclic) bond motifs is 1. The van der Waals surface area contributed by atoms with Gasteiger partial charge in [0.25, 0.3) is 0 Å². The zero-order chi connectivity index (χ0) is 23.8. The Morgan fingerprint density at radius 1 is 1.00 bits per heavy atom. The SMILES string of the molecule is CC(C)CC[C@H](C[C@H](O)[C@H](Cc1ccccc1)OC(=O)c1cnc2ccccc2n1)C(N)=O. The first-order valence-corrected chi connectivity index (χ1v) is 11.3. The molecule has 0 radical (unpaired) electrons. The summed E-state index contributed by atoms with van der Waals surface area (Å²) in [6.07, 6.45) is 1.25. The number of aliphatic hydroxyl groups excluding tert-OH is 1. The molecule has 0 aliphatic heterocycles. The summed E-state index contributed by atoms with van der Waals surface area (Å²) in [5.41, 5.74) is 7.80. The summed E-state index contributed by atoms with van der Waals surface area (Å²) in [4.78, 5) is 33.5. The first kappa shape index (κ1) is 24.3. The minimum Gasteiger partial charge on any atom is -0.454 e. The number of amides is 1. The van der Waals surface area contributed by atoms with Crippen molar-refractivity contribution in [2.24, 2.45) is 17.6 Å². The van der Waals surface area contributed by atoms with Gasteiger partial charge in [0.15, 0.2) is 5.69 Å². The molecule has 0 aliphatic carbocycles. The summed E-state index contributed by atoms with van der Waals surface area (Å²) in [6.45, 7) is 4.14. The van der Waals surface area contributed by atoms with E-state index >= 15 is 0 Å². The molecule has 0 saturated heterocycles. The Kier molecular flexibility index (Phi) is 8.49. The topological polar surface area (TPSA) is 115 Å². The van der Waals surface area contributed by atoms with Crippen molar-refractivity contribution in [3.8, 4) is 0 Å². The highest BCUT2D eigenvalue weighted by Gasteiger charge is 2.29. The van der Waals surface area contributed by atoms with Crippen molar-refractivity contribution in [2.75, 3.05) is 0 Å². The van der Waals surface area contributed by atoms with Crippen molar-refractivity contribution in [3.05, 3.63) is 72.1 Å². The fourth-order valence-corrected chi connectivity index (χ4v) is 3.71. The Balaban J connectivity index is 1.78. The minimum atomic E-state index is -1.06. The van der Waals surface area contributed by atoms with Crippen LogP contribution in [0.2, 0.25) is 0 Å². The highest BCUT2D eigenvalue weighted by Crippen LogP contribution is 2.22. The highest BCUT2D eigenvalue weighted by molar-refractivity contribution is 5.89. The van der Waals surface area contributed by atoms with Crippen LogP contribution in [-0.2, 0) is 16.0 Å². The zero-order valence-corrected chi connectivity index (χ0v) is 19.1. The van der Waals surface area contributed by atoms with Crippen molar-refractivity contribution in [3.63, 3.8) is 0 Å². The van der Waals surface area contributed by atoms with Crippen molar-refractivity contribution < 1.29 is 19.4 Å². The van der Waals surface area contributed by atoms with E-state index in [4.69, 9.17) is 10.5 Å². The number of esters is 1. The van der Waals surface area contributed by atoms with Crippen LogP contribution in [-0.4, -0.2) is 39.2 Å². The number of primary amides is 1. The standard InChI is InChI=1S/C26H31N3O4/c1-17(2)12-13-19(25(27)31)15-23(30)24(14-18-8-4-3-5-9-18)33-26(32)22-16-28-20-10-6-7-11-21(20)29-22/h3-11,16-17,19,23-24,30H,12-15H2,1-2H3,(H2,27,31)/t19-,23+,24+/m1/s1. The van der Waals surface area contributed by atoms with Crippen LogP contribution in [0.5, 0.6) is 0 Å². The van der Waals surface area contributed by atoms with Crippen LogP contribution < -0.4 is 5.73 Å². The molecule has 7 nitrogen and oxygen atoms in total. The molecular formula is C26H31N3O4. The maximum Gasteiger partial charge on any atom is 0.358 e. The van der Waals surface area contributed by atoms with Crippen molar-refractivity contribution in [1.82, 2.24) is 9.97 Å². The Morgan fingerprint density at radius 3 is 2.33 bits per heavy atom. The number of hydrogen-bond acceptors (Lipinski definition) is 6. The second-order valence-corrected chi connectivity index (χ2v) is 8.75. The number of aromatic nitrogens is 2. The highest BCUT2D eigenvalue weighted by atomic mass is 16.6. The van der Waals surface area contributed by atoms with Gasteiger partial charge in [0, 0.05) is 12.3 Å². The van der Waals surface area contributed by atoms with Gasteiger partial charge in [-0.25, -0.2) is 9.78 Å². The Bertz CT molecular complexity index is 1070. The lowest BCUT2D eigenvalue weighted by Gasteiger charge is -2.26. The third-order valence-electron chi connectivity index (χ3n) is 5.65. The Morgan fingerprint density at radius 2 is 1.67 bits per heavy atom. The molecule has 3 aromatic rings. The fraction of sp³-hybridized carbons (Fsp3) is 0.385. The number of nitrogens with two attached hydrogens (primary N) is 1. The molecule has 1 amide bonds. The molecule has 0 bridgehead atoms. The van der Waals surface area contributed by atoms with Gasteiger partial charge in [-0.15, -0.1) is 0 Å². The van der Waals surface area contributed by atoms with Gasteiger partial charge in [0.05, 0.1) is 23.3 Å². The molecule has 0 unspecified atom stereocenters. The van der Waals surface area contributed by atoms with E-state index in [-0.39, 0.29) is 12.1 Å². The second-order valence-electron chi connectivity index (χ2n) is 8.75. The molecular weight excluding hydrogens is 418 g/mol. The molecule has 0 spiro atoms. The van der Waals surface area contributed by atoms with Crippen molar-refractivity contribution in [2.45, 2.75) is 51.7 Å². The average Bonchev–Trinajstić information content (AvgIpc) is 2.81. The van der Waals surface area contributed by atoms with Gasteiger partial charge in [-0.2, -0.15) is 0 Å².